The molecule has 4 heteroatoms. The Labute approximate surface area is 330 Å². The van der Waals surface area contributed by atoms with Gasteiger partial charge < -0.3 is 9.32 Å². The monoisotopic (exact) mass is 749 g/mol. The van der Waals surface area contributed by atoms with Gasteiger partial charge in [0.1, 0.15) is 11.2 Å². The van der Waals surface area contributed by atoms with Crippen molar-refractivity contribution in [3.8, 4) is 22.3 Å². The van der Waals surface area contributed by atoms with Crippen molar-refractivity contribution in [1.29, 1.82) is 0 Å². The van der Waals surface area contributed by atoms with Gasteiger partial charge in [0.2, 0.25) is 0 Å². The summed E-state index contributed by atoms with van der Waals surface area (Å²) in [7, 11) is 0. The molecule has 12 aromatic rings. The number of anilines is 3. The van der Waals surface area contributed by atoms with Crippen molar-refractivity contribution >= 4 is 113 Å². The lowest BCUT2D eigenvalue weighted by molar-refractivity contribution is 0.670. The second-order valence-corrected chi connectivity index (χ2v) is 16.5. The molecule has 2 nitrogen and oxygen atoms in total. The lowest BCUT2D eigenvalue weighted by atomic mass is 9.94. The Morgan fingerprint density at radius 3 is 1.79 bits per heavy atom. The molecule has 0 N–H and O–H groups in total. The Kier molecular flexibility index (Phi) is 7.00. The van der Waals surface area contributed by atoms with E-state index in [0.717, 1.165) is 44.6 Å². The second-order valence-electron chi connectivity index (χ2n) is 14.4. The molecular weight excluding hydrogens is 719 g/mol. The van der Waals surface area contributed by atoms with Crippen LogP contribution in [0.2, 0.25) is 0 Å². The predicted molar refractivity (Wildman–Crippen MR) is 243 cm³/mol. The molecule has 0 aliphatic carbocycles. The maximum absolute atomic E-state index is 7.12. The van der Waals surface area contributed by atoms with E-state index in [4.69, 9.17) is 4.42 Å². The summed E-state index contributed by atoms with van der Waals surface area (Å²) in [6.45, 7) is 0. The number of thiophene rings is 2. The van der Waals surface area contributed by atoms with E-state index in [9.17, 15) is 0 Å². The zero-order valence-corrected chi connectivity index (χ0v) is 31.7. The summed E-state index contributed by atoms with van der Waals surface area (Å²) in [6.07, 6.45) is 0. The van der Waals surface area contributed by atoms with Gasteiger partial charge in [0.05, 0.1) is 21.5 Å². The maximum atomic E-state index is 7.12. The van der Waals surface area contributed by atoms with Crippen LogP contribution < -0.4 is 4.90 Å². The highest BCUT2D eigenvalue weighted by molar-refractivity contribution is 7.26. The number of hydrogen-bond donors (Lipinski definition) is 0. The van der Waals surface area contributed by atoms with Crippen molar-refractivity contribution in [2.24, 2.45) is 0 Å². The first-order valence-corrected chi connectivity index (χ1v) is 20.6. The summed E-state index contributed by atoms with van der Waals surface area (Å²) in [4.78, 5) is 2.45. The van der Waals surface area contributed by atoms with E-state index in [1.165, 1.54) is 67.8 Å². The van der Waals surface area contributed by atoms with Crippen LogP contribution in [0.1, 0.15) is 0 Å². The number of fused-ring (bicyclic) bond motifs is 10. The topological polar surface area (TPSA) is 16.4 Å². The Balaban J connectivity index is 1.17. The van der Waals surface area contributed by atoms with Gasteiger partial charge in [0.15, 0.2) is 0 Å². The standard InChI is InChI=1S/C52H31NOS2/c1-2-13-32(14-3-1)33-27-29-35(30-28-33)53(44-23-11-20-40-38-18-7-9-26-47(38)56-52(40)44)43-22-12-24-45-49(43)42-31-34-15-4-5-16-36(34)48(50(42)54-45)41-21-10-19-39-37-17-6-8-25-46(37)55-51(39)41/h1-31H. The van der Waals surface area contributed by atoms with E-state index in [-0.39, 0.29) is 0 Å². The van der Waals surface area contributed by atoms with E-state index in [2.05, 4.69) is 193 Å². The first-order valence-electron chi connectivity index (χ1n) is 18.9. The van der Waals surface area contributed by atoms with Crippen molar-refractivity contribution in [3.63, 3.8) is 0 Å². The quantitative estimate of drug-likeness (QED) is 0.174. The van der Waals surface area contributed by atoms with Gasteiger partial charge in [-0.2, -0.15) is 0 Å². The molecule has 0 fully saturated rings. The lowest BCUT2D eigenvalue weighted by Crippen LogP contribution is -2.10. The summed E-state index contributed by atoms with van der Waals surface area (Å²) >= 11 is 3.72. The summed E-state index contributed by atoms with van der Waals surface area (Å²) in [5, 5.41) is 9.71. The van der Waals surface area contributed by atoms with Crippen LogP contribution in [-0.2, 0) is 0 Å². The van der Waals surface area contributed by atoms with Gasteiger partial charge in [-0.15, -0.1) is 22.7 Å². The molecule has 0 saturated heterocycles. The van der Waals surface area contributed by atoms with E-state index in [1.807, 2.05) is 22.7 Å². The van der Waals surface area contributed by atoms with Crippen LogP contribution in [0.5, 0.6) is 0 Å². The van der Waals surface area contributed by atoms with Gasteiger partial charge in [-0.05, 0) is 70.4 Å². The normalized spacial score (nSPS) is 11.9. The van der Waals surface area contributed by atoms with Crippen molar-refractivity contribution in [2.75, 3.05) is 4.90 Å². The Morgan fingerprint density at radius 1 is 0.411 bits per heavy atom. The van der Waals surface area contributed by atoms with Crippen molar-refractivity contribution in [1.82, 2.24) is 0 Å². The molecule has 9 aromatic carbocycles. The molecule has 0 unspecified atom stereocenters. The van der Waals surface area contributed by atoms with Crippen LogP contribution in [-0.4, -0.2) is 0 Å². The van der Waals surface area contributed by atoms with Crippen LogP contribution in [0.4, 0.5) is 17.1 Å². The largest absolute Gasteiger partial charge is 0.455 e. The highest BCUT2D eigenvalue weighted by Crippen LogP contribution is 2.51. The minimum Gasteiger partial charge on any atom is -0.455 e. The van der Waals surface area contributed by atoms with Gasteiger partial charge in [-0.25, -0.2) is 0 Å². The van der Waals surface area contributed by atoms with Crippen molar-refractivity contribution in [3.05, 3.63) is 188 Å². The second kappa shape index (κ2) is 12.4. The third-order valence-corrected chi connectivity index (χ3v) is 13.7. The first-order chi connectivity index (χ1) is 27.8. The van der Waals surface area contributed by atoms with Gasteiger partial charge in [0, 0.05) is 57.8 Å². The third-order valence-electron chi connectivity index (χ3n) is 11.3. The fraction of sp³-hybridized carbons (Fsp3) is 0. The first kappa shape index (κ1) is 31.6. The number of benzene rings is 9. The fourth-order valence-electron chi connectivity index (χ4n) is 8.75. The van der Waals surface area contributed by atoms with Gasteiger partial charge >= 0.3 is 0 Å². The molecule has 0 atom stereocenters. The Bertz CT molecular complexity index is 3480. The Morgan fingerprint density at radius 2 is 1.00 bits per heavy atom. The van der Waals surface area contributed by atoms with Crippen LogP contribution in [0.15, 0.2) is 192 Å². The van der Waals surface area contributed by atoms with Crippen molar-refractivity contribution in [2.45, 2.75) is 0 Å². The summed E-state index contributed by atoms with van der Waals surface area (Å²) in [5.74, 6) is 0. The molecule has 262 valence electrons. The third kappa shape index (κ3) is 4.73. The molecule has 0 aliphatic rings. The lowest BCUT2D eigenvalue weighted by Gasteiger charge is -2.27. The van der Waals surface area contributed by atoms with Gasteiger partial charge in [-0.1, -0.05) is 140 Å². The number of nitrogens with zero attached hydrogens (tertiary/aromatic N) is 1. The van der Waals surface area contributed by atoms with E-state index < -0.39 is 0 Å². The summed E-state index contributed by atoms with van der Waals surface area (Å²) in [5.41, 5.74) is 9.84. The molecule has 3 heterocycles. The number of rotatable bonds is 5. The minimum absolute atomic E-state index is 0.868. The average molecular weight is 750 g/mol. The van der Waals surface area contributed by atoms with Gasteiger partial charge in [0.25, 0.3) is 0 Å². The SMILES string of the molecule is c1ccc(-c2ccc(N(c3cccc4c3sc3ccccc34)c3cccc4oc5c(-c6cccc7c6sc6ccccc67)c6ccccc6cc5c34)cc2)cc1. The highest BCUT2D eigenvalue weighted by atomic mass is 32.1. The molecule has 56 heavy (non-hydrogen) atoms. The molecule has 0 aliphatic heterocycles. The fourth-order valence-corrected chi connectivity index (χ4v) is 11.2. The molecule has 12 rings (SSSR count). The summed E-state index contributed by atoms with van der Waals surface area (Å²) in [6, 6.07) is 68.2. The van der Waals surface area contributed by atoms with Crippen LogP contribution in [0.25, 0.3) is 95.3 Å². The van der Waals surface area contributed by atoms with Crippen LogP contribution in [0.3, 0.4) is 0 Å². The van der Waals surface area contributed by atoms with E-state index in [0.29, 0.717) is 0 Å². The Hall–Kier alpha value is -6.72. The molecule has 0 saturated carbocycles. The number of furan rings is 1. The zero-order valence-electron chi connectivity index (χ0n) is 30.1. The molecule has 0 amide bonds. The average Bonchev–Trinajstić information content (AvgIpc) is 3.96. The minimum atomic E-state index is 0.868. The van der Waals surface area contributed by atoms with Crippen LogP contribution >= 0.6 is 22.7 Å². The predicted octanol–water partition coefficient (Wildman–Crippen LogP) is 16.3. The zero-order chi connectivity index (χ0) is 36.7. The van der Waals surface area contributed by atoms with E-state index >= 15 is 0 Å². The molecular formula is C52H31NOS2. The molecule has 3 aromatic heterocycles. The summed E-state index contributed by atoms with van der Waals surface area (Å²) < 4.78 is 12.2. The maximum Gasteiger partial charge on any atom is 0.144 e. The molecule has 0 bridgehead atoms. The highest BCUT2D eigenvalue weighted by Gasteiger charge is 2.25. The smallest absolute Gasteiger partial charge is 0.144 e. The van der Waals surface area contributed by atoms with E-state index in [1.54, 1.807) is 0 Å². The number of hydrogen-bond acceptors (Lipinski definition) is 4. The van der Waals surface area contributed by atoms with Crippen molar-refractivity contribution < 1.29 is 4.42 Å². The van der Waals surface area contributed by atoms with Crippen LogP contribution in [0, 0.1) is 0 Å². The van der Waals surface area contributed by atoms with Gasteiger partial charge in [-0.3, -0.25) is 0 Å². The molecule has 0 spiro atoms. The molecule has 0 radical (unpaired) electrons.